The fourth-order valence-electron chi connectivity index (χ4n) is 7.10. The maximum Gasteiger partial charge on any atom is 0.362 e. The van der Waals surface area contributed by atoms with E-state index in [1.807, 2.05) is 21.1 Å². The lowest BCUT2D eigenvalue weighted by Crippen LogP contribution is -2.50. The van der Waals surface area contributed by atoms with E-state index in [0.717, 1.165) is 83.5 Å². The van der Waals surface area contributed by atoms with Gasteiger partial charge in [-0.2, -0.15) is 0 Å². The summed E-state index contributed by atoms with van der Waals surface area (Å²) in [5.74, 6) is -1.49. The molecule has 0 aromatic rings. The van der Waals surface area contributed by atoms with Gasteiger partial charge in [-0.3, -0.25) is 9.59 Å². The second kappa shape index (κ2) is 43.7. The van der Waals surface area contributed by atoms with Crippen molar-refractivity contribution < 1.29 is 38.2 Å². The average molecular weight is 857 g/mol. The third kappa shape index (κ3) is 42.1. The highest BCUT2D eigenvalue weighted by Crippen LogP contribution is 2.14. The Morgan fingerprint density at radius 2 is 0.967 bits per heavy atom. The standard InChI is InChI=1S/C53H93NO7/c1-6-8-10-12-14-16-18-20-22-24-26-28-29-31-33-35-37-39-41-43-51(55)60-48-49(47-59-46-45-50(53(57)58)54(3,4)5)61-52(56)44-42-40-38-36-34-32-30-27-25-23-21-19-17-15-13-11-9-7-2/h8,10,14,16,20,22-23,25,27,30,49-50H,6-7,9,11-13,15,17-19,21,24,26,28-29,31-48H2,1-5H3/p+1/b10-8+,16-14+,22-20+,25-23+,30-27+. The summed E-state index contributed by atoms with van der Waals surface area (Å²) < 4.78 is 17.3. The summed E-state index contributed by atoms with van der Waals surface area (Å²) in [6.07, 6.45) is 54.1. The molecule has 0 radical (unpaired) electrons. The molecule has 0 aliphatic rings. The van der Waals surface area contributed by atoms with Crippen molar-refractivity contribution in [3.05, 3.63) is 60.8 Å². The van der Waals surface area contributed by atoms with Crippen molar-refractivity contribution in [3.8, 4) is 0 Å². The van der Waals surface area contributed by atoms with Crippen LogP contribution in [0, 0.1) is 0 Å². The number of carboxylic acid groups (broad SMARTS) is 1. The number of likely N-dealkylation sites (N-methyl/N-ethyl adjacent to an activating group) is 1. The molecule has 0 saturated carbocycles. The van der Waals surface area contributed by atoms with Crippen molar-refractivity contribution in [1.82, 2.24) is 0 Å². The minimum Gasteiger partial charge on any atom is -0.477 e. The van der Waals surface area contributed by atoms with Gasteiger partial charge in [-0.1, -0.05) is 177 Å². The number of hydrogen-bond donors (Lipinski definition) is 1. The SMILES string of the molecule is CC/C=C/C/C=C/C/C=C/CCCCCCCCCCCC(=O)OCC(COCCC(C(=O)O)[N+](C)(C)C)OC(=O)CCCCCCC/C=C/C=C/CCCCCCCCC. The molecule has 61 heavy (non-hydrogen) atoms. The summed E-state index contributed by atoms with van der Waals surface area (Å²) in [5.41, 5.74) is 0. The van der Waals surface area contributed by atoms with Crippen molar-refractivity contribution in [2.75, 3.05) is 41.0 Å². The molecular weight excluding hydrogens is 763 g/mol. The van der Waals surface area contributed by atoms with Crippen molar-refractivity contribution in [1.29, 1.82) is 0 Å². The molecule has 0 amide bonds. The molecule has 0 bridgehead atoms. The first kappa shape index (κ1) is 58.0. The lowest BCUT2D eigenvalue weighted by molar-refractivity contribution is -0.887. The van der Waals surface area contributed by atoms with Crippen molar-refractivity contribution >= 4 is 17.9 Å². The van der Waals surface area contributed by atoms with Crippen molar-refractivity contribution in [3.63, 3.8) is 0 Å². The van der Waals surface area contributed by atoms with Gasteiger partial charge >= 0.3 is 17.9 Å². The van der Waals surface area contributed by atoms with Gasteiger partial charge in [-0.05, 0) is 70.6 Å². The van der Waals surface area contributed by atoms with Gasteiger partial charge in [-0.25, -0.2) is 4.79 Å². The molecule has 0 heterocycles. The highest BCUT2D eigenvalue weighted by atomic mass is 16.6. The number of rotatable bonds is 44. The first-order valence-electron chi connectivity index (χ1n) is 24.8. The third-order valence-electron chi connectivity index (χ3n) is 10.9. The monoisotopic (exact) mass is 857 g/mol. The Kier molecular flexibility index (Phi) is 41.5. The number of quaternary nitrogens is 1. The van der Waals surface area contributed by atoms with Crippen LogP contribution >= 0.6 is 0 Å². The van der Waals surface area contributed by atoms with Gasteiger partial charge in [-0.15, -0.1) is 0 Å². The normalized spacial score (nSPS) is 13.4. The number of carboxylic acids is 1. The maximum absolute atomic E-state index is 12.8. The first-order chi connectivity index (χ1) is 29.6. The Balaban J connectivity index is 4.31. The zero-order valence-corrected chi connectivity index (χ0v) is 40.1. The Labute approximate surface area is 375 Å². The van der Waals surface area contributed by atoms with Crippen LogP contribution in [0.25, 0.3) is 0 Å². The number of ether oxygens (including phenoxy) is 3. The fourth-order valence-corrected chi connectivity index (χ4v) is 7.10. The second-order valence-electron chi connectivity index (χ2n) is 17.7. The minimum atomic E-state index is -0.879. The minimum absolute atomic E-state index is 0.0516. The summed E-state index contributed by atoms with van der Waals surface area (Å²) in [6.45, 7) is 4.61. The Morgan fingerprint density at radius 3 is 1.46 bits per heavy atom. The van der Waals surface area contributed by atoms with Gasteiger partial charge in [0.1, 0.15) is 6.61 Å². The zero-order valence-electron chi connectivity index (χ0n) is 40.1. The van der Waals surface area contributed by atoms with Crippen LogP contribution in [0.1, 0.15) is 206 Å². The predicted molar refractivity (Wildman–Crippen MR) is 257 cm³/mol. The van der Waals surface area contributed by atoms with E-state index in [2.05, 4.69) is 74.6 Å². The Bertz CT molecular complexity index is 1180. The largest absolute Gasteiger partial charge is 0.477 e. The second-order valence-corrected chi connectivity index (χ2v) is 17.7. The van der Waals surface area contributed by atoms with Crippen LogP contribution in [0.4, 0.5) is 0 Å². The third-order valence-corrected chi connectivity index (χ3v) is 10.9. The summed E-state index contributed by atoms with van der Waals surface area (Å²) in [5, 5.41) is 9.65. The highest BCUT2D eigenvalue weighted by molar-refractivity contribution is 5.72. The van der Waals surface area contributed by atoms with Crippen LogP contribution < -0.4 is 0 Å². The molecule has 2 atom stereocenters. The van der Waals surface area contributed by atoms with Crippen LogP contribution in [-0.4, -0.2) is 80.6 Å². The lowest BCUT2D eigenvalue weighted by atomic mass is 10.1. The van der Waals surface area contributed by atoms with Crippen LogP contribution in [0.15, 0.2) is 60.8 Å². The van der Waals surface area contributed by atoms with E-state index in [9.17, 15) is 19.5 Å². The van der Waals surface area contributed by atoms with Crippen LogP contribution in [-0.2, 0) is 28.6 Å². The fraction of sp³-hybridized carbons (Fsp3) is 0.755. The molecule has 0 fully saturated rings. The van der Waals surface area contributed by atoms with Crippen LogP contribution in [0.3, 0.4) is 0 Å². The van der Waals surface area contributed by atoms with Gasteiger partial charge in [0.15, 0.2) is 12.1 Å². The lowest BCUT2D eigenvalue weighted by Gasteiger charge is -2.31. The van der Waals surface area contributed by atoms with Crippen molar-refractivity contribution in [2.24, 2.45) is 0 Å². The Morgan fingerprint density at radius 1 is 0.525 bits per heavy atom. The van der Waals surface area contributed by atoms with Gasteiger partial charge in [0.05, 0.1) is 34.4 Å². The smallest absolute Gasteiger partial charge is 0.362 e. The van der Waals surface area contributed by atoms with Crippen LogP contribution in [0.2, 0.25) is 0 Å². The molecule has 0 aliphatic heterocycles. The van der Waals surface area contributed by atoms with Gasteiger partial charge < -0.3 is 23.8 Å². The molecular formula is C53H94NO7+. The number of aliphatic carboxylic acids is 1. The zero-order chi connectivity index (χ0) is 44.9. The molecule has 0 rings (SSSR count). The predicted octanol–water partition coefficient (Wildman–Crippen LogP) is 14.1. The first-order valence-corrected chi connectivity index (χ1v) is 24.8. The van der Waals surface area contributed by atoms with E-state index >= 15 is 0 Å². The Hall–Kier alpha value is -2.97. The number of unbranched alkanes of at least 4 members (excludes halogenated alkanes) is 21. The van der Waals surface area contributed by atoms with Gasteiger partial charge in [0, 0.05) is 19.3 Å². The summed E-state index contributed by atoms with van der Waals surface area (Å²) in [7, 11) is 5.52. The number of hydrogen-bond acceptors (Lipinski definition) is 6. The molecule has 8 nitrogen and oxygen atoms in total. The van der Waals surface area contributed by atoms with Crippen molar-refractivity contribution in [2.45, 2.75) is 219 Å². The number of allylic oxidation sites excluding steroid dienone is 10. The number of nitrogens with zero attached hydrogens (tertiary/aromatic N) is 1. The van der Waals surface area contributed by atoms with Crippen LogP contribution in [0.5, 0.6) is 0 Å². The number of esters is 2. The highest BCUT2D eigenvalue weighted by Gasteiger charge is 2.31. The molecule has 0 aromatic carbocycles. The topological polar surface area (TPSA) is 99.1 Å². The molecule has 352 valence electrons. The van der Waals surface area contributed by atoms with Gasteiger partial charge in [0.25, 0.3) is 0 Å². The number of carbonyl (C=O) groups is 3. The van der Waals surface area contributed by atoms with E-state index < -0.39 is 18.1 Å². The summed E-state index contributed by atoms with van der Waals surface area (Å²) in [6, 6.07) is -0.620. The molecule has 0 saturated heterocycles. The van der Waals surface area contributed by atoms with E-state index in [1.54, 1.807) is 0 Å². The molecule has 0 aliphatic carbocycles. The van der Waals surface area contributed by atoms with Gasteiger partial charge in [0.2, 0.25) is 0 Å². The molecule has 0 aromatic heterocycles. The van der Waals surface area contributed by atoms with E-state index in [4.69, 9.17) is 14.2 Å². The summed E-state index contributed by atoms with van der Waals surface area (Å²) >= 11 is 0. The molecule has 1 N–H and O–H groups in total. The average Bonchev–Trinajstić information content (AvgIpc) is 3.22. The van der Waals surface area contributed by atoms with E-state index in [1.165, 1.54) is 89.9 Å². The van der Waals surface area contributed by atoms with E-state index in [0.29, 0.717) is 19.3 Å². The quantitative estimate of drug-likeness (QED) is 0.0214. The molecule has 0 spiro atoms. The summed E-state index contributed by atoms with van der Waals surface area (Å²) in [4.78, 5) is 37.1. The maximum atomic E-state index is 12.8. The van der Waals surface area contributed by atoms with E-state index in [-0.39, 0.29) is 36.2 Å². The molecule has 2 unspecified atom stereocenters. The molecule has 8 heteroatoms. The number of carbonyl (C=O) groups excluding carboxylic acids is 2.